The van der Waals surface area contributed by atoms with Gasteiger partial charge in [-0.05, 0) is 116 Å². The molecule has 0 saturated carbocycles. The molecule has 6 heteroatoms. The summed E-state index contributed by atoms with van der Waals surface area (Å²) in [6.07, 6.45) is 81.2. The lowest BCUT2D eigenvalue weighted by molar-refractivity contribution is -0.167. The summed E-state index contributed by atoms with van der Waals surface area (Å²) in [7, 11) is 0. The summed E-state index contributed by atoms with van der Waals surface area (Å²) in [6, 6.07) is 0. The highest BCUT2D eigenvalue weighted by Crippen LogP contribution is 2.15. The third-order valence-corrected chi connectivity index (χ3v) is 13.0. The maximum atomic E-state index is 12.9. The fourth-order valence-electron chi connectivity index (χ4n) is 8.44. The van der Waals surface area contributed by atoms with Gasteiger partial charge in [-0.15, -0.1) is 0 Å². The monoisotopic (exact) mass is 1010 g/mol. The van der Waals surface area contributed by atoms with E-state index in [2.05, 4.69) is 118 Å². The Morgan fingerprint density at radius 2 is 0.562 bits per heavy atom. The van der Waals surface area contributed by atoms with Gasteiger partial charge in [-0.2, -0.15) is 0 Å². The second-order valence-corrected chi connectivity index (χ2v) is 20.2. The van der Waals surface area contributed by atoms with Crippen LogP contribution in [0.2, 0.25) is 0 Å². The maximum Gasteiger partial charge on any atom is 0.306 e. The van der Waals surface area contributed by atoms with Crippen molar-refractivity contribution in [1.82, 2.24) is 0 Å². The zero-order chi connectivity index (χ0) is 52.9. The van der Waals surface area contributed by atoms with Crippen molar-refractivity contribution in [1.29, 1.82) is 0 Å². The normalized spacial score (nSPS) is 12.8. The molecule has 0 aromatic rings. The van der Waals surface area contributed by atoms with Crippen molar-refractivity contribution in [2.75, 3.05) is 13.2 Å². The third-order valence-electron chi connectivity index (χ3n) is 13.0. The number of unbranched alkanes of at least 4 members (excludes halogenated alkanes) is 28. The Labute approximate surface area is 451 Å². The summed E-state index contributed by atoms with van der Waals surface area (Å²) in [6.45, 7) is 6.45. The smallest absolute Gasteiger partial charge is 0.306 e. The molecule has 0 heterocycles. The molecule has 0 aliphatic rings. The van der Waals surface area contributed by atoms with Crippen LogP contribution in [-0.2, 0) is 28.6 Å². The Balaban J connectivity index is 4.34. The van der Waals surface area contributed by atoms with E-state index < -0.39 is 6.10 Å². The molecule has 0 radical (unpaired) electrons. The molecule has 0 amide bonds. The Morgan fingerprint density at radius 1 is 0.288 bits per heavy atom. The zero-order valence-corrected chi connectivity index (χ0v) is 47.9. The quantitative estimate of drug-likeness (QED) is 0.0261. The molecule has 0 aliphatic heterocycles. The molecule has 0 fully saturated rings. The van der Waals surface area contributed by atoms with E-state index in [0.29, 0.717) is 19.3 Å². The van der Waals surface area contributed by atoms with E-state index in [0.717, 1.165) is 128 Å². The molecular formula is C67H114O6. The molecule has 418 valence electrons. The van der Waals surface area contributed by atoms with Crippen LogP contribution in [0.5, 0.6) is 0 Å². The van der Waals surface area contributed by atoms with Gasteiger partial charge in [-0.3, -0.25) is 14.4 Å². The number of ether oxygens (including phenoxy) is 3. The van der Waals surface area contributed by atoms with Crippen molar-refractivity contribution in [2.24, 2.45) is 0 Å². The van der Waals surface area contributed by atoms with Gasteiger partial charge < -0.3 is 14.2 Å². The van der Waals surface area contributed by atoms with Gasteiger partial charge in [0.05, 0.1) is 0 Å². The lowest BCUT2D eigenvalue weighted by atomic mass is 10.1. The highest BCUT2D eigenvalue weighted by molar-refractivity contribution is 5.71. The first kappa shape index (κ1) is 69.3. The van der Waals surface area contributed by atoms with Gasteiger partial charge >= 0.3 is 17.9 Å². The van der Waals surface area contributed by atoms with Gasteiger partial charge in [0, 0.05) is 19.3 Å². The average molecular weight is 1020 g/mol. The highest BCUT2D eigenvalue weighted by atomic mass is 16.6. The van der Waals surface area contributed by atoms with Crippen molar-refractivity contribution in [2.45, 2.75) is 297 Å². The first-order valence-electron chi connectivity index (χ1n) is 30.7. The van der Waals surface area contributed by atoms with Crippen LogP contribution < -0.4 is 0 Å². The van der Waals surface area contributed by atoms with E-state index in [1.165, 1.54) is 122 Å². The van der Waals surface area contributed by atoms with E-state index in [1.54, 1.807) is 0 Å². The predicted molar refractivity (Wildman–Crippen MR) is 316 cm³/mol. The molecule has 0 aromatic heterocycles. The molecular weight excluding hydrogens is 901 g/mol. The van der Waals surface area contributed by atoms with Gasteiger partial charge in [0.2, 0.25) is 0 Å². The second kappa shape index (κ2) is 60.9. The fraction of sp³-hybridized carbons (Fsp3) is 0.716. The van der Waals surface area contributed by atoms with E-state index in [4.69, 9.17) is 14.2 Å². The minimum Gasteiger partial charge on any atom is -0.462 e. The van der Waals surface area contributed by atoms with E-state index >= 15 is 0 Å². The van der Waals surface area contributed by atoms with Crippen LogP contribution in [0, 0.1) is 0 Å². The van der Waals surface area contributed by atoms with Crippen LogP contribution in [0.1, 0.15) is 290 Å². The molecule has 1 unspecified atom stereocenters. The van der Waals surface area contributed by atoms with Crippen molar-refractivity contribution in [3.05, 3.63) is 97.2 Å². The van der Waals surface area contributed by atoms with Crippen LogP contribution in [0.4, 0.5) is 0 Å². The fourth-order valence-corrected chi connectivity index (χ4v) is 8.44. The molecule has 0 saturated heterocycles. The first-order chi connectivity index (χ1) is 36.0. The van der Waals surface area contributed by atoms with Gasteiger partial charge in [-0.1, -0.05) is 253 Å². The second-order valence-electron chi connectivity index (χ2n) is 20.2. The summed E-state index contributed by atoms with van der Waals surface area (Å²) < 4.78 is 16.9. The summed E-state index contributed by atoms with van der Waals surface area (Å²) in [5.41, 5.74) is 0. The zero-order valence-electron chi connectivity index (χ0n) is 47.9. The minimum atomic E-state index is -0.789. The molecule has 0 rings (SSSR count). The number of esters is 3. The predicted octanol–water partition coefficient (Wildman–Crippen LogP) is 20.9. The summed E-state index contributed by atoms with van der Waals surface area (Å²) in [4.78, 5) is 38.2. The van der Waals surface area contributed by atoms with Gasteiger partial charge in [0.15, 0.2) is 6.10 Å². The van der Waals surface area contributed by atoms with Crippen molar-refractivity contribution >= 4 is 17.9 Å². The Bertz CT molecular complexity index is 1440. The van der Waals surface area contributed by atoms with Crippen LogP contribution in [0.25, 0.3) is 0 Å². The van der Waals surface area contributed by atoms with Gasteiger partial charge in [0.1, 0.15) is 13.2 Å². The largest absolute Gasteiger partial charge is 0.462 e. The van der Waals surface area contributed by atoms with E-state index in [-0.39, 0.29) is 31.1 Å². The third kappa shape index (κ3) is 59.1. The highest BCUT2D eigenvalue weighted by Gasteiger charge is 2.19. The summed E-state index contributed by atoms with van der Waals surface area (Å²) in [5, 5.41) is 0. The first-order valence-corrected chi connectivity index (χ1v) is 30.7. The molecule has 1 atom stereocenters. The summed E-state index contributed by atoms with van der Waals surface area (Å²) >= 11 is 0. The van der Waals surface area contributed by atoms with Crippen LogP contribution >= 0.6 is 0 Å². The Kier molecular flexibility index (Phi) is 57.8. The Morgan fingerprint density at radius 3 is 0.904 bits per heavy atom. The summed E-state index contributed by atoms with van der Waals surface area (Å²) in [5.74, 6) is -0.904. The molecule has 0 spiro atoms. The van der Waals surface area contributed by atoms with Crippen molar-refractivity contribution < 1.29 is 28.6 Å². The average Bonchev–Trinajstić information content (AvgIpc) is 3.39. The SMILES string of the molecule is CC/C=C\C/C=C\C/C=C\C/C=C\C/C=C\CCCCCCCCCCCC(=O)OCC(COC(=O)CCCCCCC/C=C\C/C=C\CCC)OC(=O)CCCCCCCCC/C=C\CCCCCCCC. The molecule has 73 heavy (non-hydrogen) atoms. The number of hydrogen-bond acceptors (Lipinski definition) is 6. The standard InChI is InChI=1S/C67H114O6/c1-4-7-10-13-16-19-22-25-27-29-30-31-32-33-34-35-36-38-39-42-45-48-51-54-57-60-66(69)72-63-64(62-71-65(68)59-56-53-50-47-44-41-24-21-18-15-12-9-6-3)73-67(70)61-58-55-52-49-46-43-40-37-28-26-23-20-17-14-11-8-5-2/h7,10,12,15-16,19,21,24-28,30-31,33-34,64H,4-6,8-9,11,13-14,17-18,20,22-23,29,32,35-63H2,1-3H3/b10-7-,15-12-,19-16-,24-21-,27-25-,28-26-,31-30-,34-33-. The van der Waals surface area contributed by atoms with Crippen molar-refractivity contribution in [3.63, 3.8) is 0 Å². The molecule has 0 bridgehead atoms. The van der Waals surface area contributed by atoms with E-state index in [9.17, 15) is 14.4 Å². The number of carbonyl (C=O) groups excluding carboxylic acids is 3. The lowest BCUT2D eigenvalue weighted by Crippen LogP contribution is -2.30. The van der Waals surface area contributed by atoms with Crippen LogP contribution in [0.15, 0.2) is 97.2 Å². The minimum absolute atomic E-state index is 0.0867. The molecule has 0 aliphatic carbocycles. The number of hydrogen-bond donors (Lipinski definition) is 0. The van der Waals surface area contributed by atoms with Crippen molar-refractivity contribution in [3.8, 4) is 0 Å². The number of carbonyl (C=O) groups is 3. The maximum absolute atomic E-state index is 12.9. The number of allylic oxidation sites excluding steroid dienone is 16. The molecule has 0 aromatic carbocycles. The van der Waals surface area contributed by atoms with Crippen LogP contribution in [-0.4, -0.2) is 37.2 Å². The molecule has 0 N–H and O–H groups in total. The lowest BCUT2D eigenvalue weighted by Gasteiger charge is -2.18. The van der Waals surface area contributed by atoms with Gasteiger partial charge in [0.25, 0.3) is 0 Å². The van der Waals surface area contributed by atoms with E-state index in [1.807, 2.05) is 0 Å². The van der Waals surface area contributed by atoms with Gasteiger partial charge in [-0.25, -0.2) is 0 Å². The number of rotatable bonds is 55. The topological polar surface area (TPSA) is 78.9 Å². The molecule has 6 nitrogen and oxygen atoms in total. The Hall–Kier alpha value is -3.67. The van der Waals surface area contributed by atoms with Crippen LogP contribution in [0.3, 0.4) is 0 Å².